The summed E-state index contributed by atoms with van der Waals surface area (Å²) in [6, 6.07) is 14.2. The van der Waals surface area contributed by atoms with Gasteiger partial charge in [-0.1, -0.05) is 30.3 Å². The molecule has 124 valence electrons. The number of nitrogens with zero attached hydrogens (tertiary/aromatic N) is 1. The second-order valence-electron chi connectivity index (χ2n) is 5.92. The van der Waals surface area contributed by atoms with Gasteiger partial charge in [-0.15, -0.1) is 0 Å². The van der Waals surface area contributed by atoms with Gasteiger partial charge >= 0.3 is 0 Å². The van der Waals surface area contributed by atoms with Crippen LogP contribution in [-0.2, 0) is 9.59 Å². The van der Waals surface area contributed by atoms with Crippen LogP contribution in [0.3, 0.4) is 0 Å². The Morgan fingerprint density at radius 2 is 1.83 bits per heavy atom. The number of carbonyl (C=O) groups is 2. The molecule has 0 aromatic heterocycles. The minimum absolute atomic E-state index is 0.221. The fourth-order valence-corrected chi connectivity index (χ4v) is 2.78. The van der Waals surface area contributed by atoms with Crippen molar-refractivity contribution >= 4 is 23.2 Å². The van der Waals surface area contributed by atoms with Crippen molar-refractivity contribution in [3.05, 3.63) is 54.1 Å². The fraction of sp³-hybridized carbons (Fsp3) is 0.263. The molecule has 5 heteroatoms. The average Bonchev–Trinajstić information content (AvgIpc) is 2.57. The maximum Gasteiger partial charge on any atom is 0.268 e. The molecule has 2 aromatic carbocycles. The Morgan fingerprint density at radius 3 is 2.58 bits per heavy atom. The van der Waals surface area contributed by atoms with Gasteiger partial charge in [-0.25, -0.2) is 0 Å². The van der Waals surface area contributed by atoms with Crippen molar-refractivity contribution in [1.82, 2.24) is 0 Å². The molecular weight excluding hydrogens is 304 g/mol. The second kappa shape index (κ2) is 6.35. The molecular formula is C19H20N2O3. The third kappa shape index (κ3) is 2.85. The predicted molar refractivity (Wildman–Crippen MR) is 93.3 cm³/mol. The molecule has 0 saturated carbocycles. The van der Waals surface area contributed by atoms with Crippen LogP contribution in [0.1, 0.15) is 19.4 Å². The van der Waals surface area contributed by atoms with E-state index in [1.807, 2.05) is 43.3 Å². The van der Waals surface area contributed by atoms with E-state index in [0.29, 0.717) is 11.4 Å². The lowest BCUT2D eigenvalue weighted by Gasteiger charge is -2.36. The predicted octanol–water partition coefficient (Wildman–Crippen LogP) is 3.14. The number of para-hydroxylation sites is 3. The molecule has 0 aliphatic carbocycles. The van der Waals surface area contributed by atoms with Crippen LogP contribution in [0.2, 0.25) is 0 Å². The van der Waals surface area contributed by atoms with Crippen molar-refractivity contribution in [2.24, 2.45) is 0 Å². The molecule has 1 N–H and O–H groups in total. The van der Waals surface area contributed by atoms with E-state index in [-0.39, 0.29) is 11.8 Å². The van der Waals surface area contributed by atoms with Crippen molar-refractivity contribution < 1.29 is 14.3 Å². The Morgan fingerprint density at radius 1 is 1.17 bits per heavy atom. The summed E-state index contributed by atoms with van der Waals surface area (Å²) in [6.07, 6.45) is -0.617. The molecule has 2 unspecified atom stereocenters. The molecule has 0 fully saturated rings. The first-order valence-electron chi connectivity index (χ1n) is 7.94. The van der Waals surface area contributed by atoms with Gasteiger partial charge < -0.3 is 10.1 Å². The van der Waals surface area contributed by atoms with E-state index in [0.717, 1.165) is 11.3 Å². The number of amides is 2. The number of hydrogen-bond donors (Lipinski definition) is 1. The molecule has 24 heavy (non-hydrogen) atoms. The van der Waals surface area contributed by atoms with E-state index < -0.39 is 12.1 Å². The van der Waals surface area contributed by atoms with Crippen molar-refractivity contribution in [3.8, 4) is 5.75 Å². The number of rotatable bonds is 3. The van der Waals surface area contributed by atoms with Crippen LogP contribution in [0.15, 0.2) is 48.5 Å². The lowest BCUT2D eigenvalue weighted by Crippen LogP contribution is -2.52. The zero-order valence-electron chi connectivity index (χ0n) is 13.9. The summed E-state index contributed by atoms with van der Waals surface area (Å²) in [4.78, 5) is 26.8. The molecule has 2 aromatic rings. The van der Waals surface area contributed by atoms with E-state index in [1.54, 1.807) is 26.0 Å². The smallest absolute Gasteiger partial charge is 0.268 e. The molecule has 1 aliphatic heterocycles. The van der Waals surface area contributed by atoms with Gasteiger partial charge in [0.1, 0.15) is 11.8 Å². The fourth-order valence-electron chi connectivity index (χ4n) is 2.78. The van der Waals surface area contributed by atoms with Crippen LogP contribution in [0.4, 0.5) is 11.4 Å². The molecule has 2 amide bonds. The van der Waals surface area contributed by atoms with E-state index in [1.165, 1.54) is 4.90 Å². The highest BCUT2D eigenvalue weighted by molar-refractivity contribution is 6.08. The highest BCUT2D eigenvalue weighted by Crippen LogP contribution is 2.35. The van der Waals surface area contributed by atoms with Crippen LogP contribution in [-0.4, -0.2) is 24.0 Å². The van der Waals surface area contributed by atoms with Crippen LogP contribution >= 0.6 is 0 Å². The monoisotopic (exact) mass is 324 g/mol. The topological polar surface area (TPSA) is 58.6 Å². The number of carbonyl (C=O) groups excluding carboxylic acids is 2. The summed E-state index contributed by atoms with van der Waals surface area (Å²) >= 11 is 0. The standard InChI is InChI=1S/C19H20N2O3/c1-12-8-4-5-9-15(12)20-18(22)13(2)21-16-10-6-7-11-17(16)24-14(3)19(21)23/h4-11,13-14H,1-3H3,(H,20,22). The Bertz CT molecular complexity index is 788. The number of anilines is 2. The minimum Gasteiger partial charge on any atom is -0.479 e. The van der Waals surface area contributed by atoms with E-state index in [9.17, 15) is 9.59 Å². The number of benzene rings is 2. The van der Waals surface area contributed by atoms with Gasteiger partial charge in [0.25, 0.3) is 5.91 Å². The van der Waals surface area contributed by atoms with E-state index in [4.69, 9.17) is 4.74 Å². The normalized spacial score (nSPS) is 17.7. The van der Waals surface area contributed by atoms with Crippen LogP contribution in [0.25, 0.3) is 0 Å². The number of fused-ring (bicyclic) bond motifs is 1. The zero-order valence-corrected chi connectivity index (χ0v) is 13.9. The summed E-state index contributed by atoms with van der Waals surface area (Å²) < 4.78 is 5.62. The first kappa shape index (κ1) is 16.1. The number of ether oxygens (including phenoxy) is 1. The van der Waals surface area contributed by atoms with E-state index in [2.05, 4.69) is 5.32 Å². The molecule has 1 heterocycles. The van der Waals surface area contributed by atoms with Gasteiger partial charge in [0.05, 0.1) is 5.69 Å². The highest BCUT2D eigenvalue weighted by Gasteiger charge is 2.37. The largest absolute Gasteiger partial charge is 0.479 e. The summed E-state index contributed by atoms with van der Waals surface area (Å²) in [6.45, 7) is 5.34. The van der Waals surface area contributed by atoms with Crippen molar-refractivity contribution in [3.63, 3.8) is 0 Å². The molecule has 0 radical (unpaired) electrons. The molecule has 1 aliphatic rings. The highest BCUT2D eigenvalue weighted by atomic mass is 16.5. The van der Waals surface area contributed by atoms with Gasteiger partial charge in [-0.2, -0.15) is 0 Å². The Balaban J connectivity index is 1.88. The second-order valence-corrected chi connectivity index (χ2v) is 5.92. The summed E-state index contributed by atoms with van der Waals surface area (Å²) in [5.74, 6) is 0.155. The Kier molecular flexibility index (Phi) is 4.25. The van der Waals surface area contributed by atoms with Gasteiger partial charge in [-0.05, 0) is 44.5 Å². The summed E-state index contributed by atoms with van der Waals surface area (Å²) in [5, 5.41) is 2.90. The number of aryl methyl sites for hydroxylation is 1. The molecule has 2 atom stereocenters. The van der Waals surface area contributed by atoms with Crippen LogP contribution in [0, 0.1) is 6.92 Å². The van der Waals surface area contributed by atoms with Crippen molar-refractivity contribution in [1.29, 1.82) is 0 Å². The lowest BCUT2D eigenvalue weighted by atomic mass is 10.1. The summed E-state index contributed by atoms with van der Waals surface area (Å²) in [7, 11) is 0. The quantitative estimate of drug-likeness (QED) is 0.943. The van der Waals surface area contributed by atoms with Gasteiger partial charge in [0, 0.05) is 5.69 Å². The molecule has 3 rings (SSSR count). The number of hydrogen-bond acceptors (Lipinski definition) is 3. The molecule has 0 bridgehead atoms. The van der Waals surface area contributed by atoms with Crippen LogP contribution < -0.4 is 15.0 Å². The first-order chi connectivity index (χ1) is 11.5. The van der Waals surface area contributed by atoms with Gasteiger partial charge in [0.15, 0.2) is 6.10 Å². The molecule has 0 spiro atoms. The van der Waals surface area contributed by atoms with Gasteiger partial charge in [-0.3, -0.25) is 14.5 Å². The van der Waals surface area contributed by atoms with Crippen molar-refractivity contribution in [2.75, 3.05) is 10.2 Å². The SMILES string of the molecule is Cc1ccccc1NC(=O)C(C)N1C(=O)C(C)Oc2ccccc21. The lowest BCUT2D eigenvalue weighted by molar-refractivity contribution is -0.128. The Labute approximate surface area is 141 Å². The average molecular weight is 324 g/mol. The van der Waals surface area contributed by atoms with Crippen molar-refractivity contribution in [2.45, 2.75) is 32.9 Å². The third-order valence-corrected chi connectivity index (χ3v) is 4.18. The maximum atomic E-state index is 12.7. The van der Waals surface area contributed by atoms with Crippen LogP contribution in [0.5, 0.6) is 5.75 Å². The molecule has 0 saturated heterocycles. The minimum atomic E-state index is -0.649. The summed E-state index contributed by atoms with van der Waals surface area (Å²) in [5.41, 5.74) is 2.34. The maximum absolute atomic E-state index is 12.7. The number of nitrogens with one attached hydrogen (secondary N) is 1. The Hall–Kier alpha value is -2.82. The first-order valence-corrected chi connectivity index (χ1v) is 7.94. The molecule has 5 nitrogen and oxygen atoms in total. The van der Waals surface area contributed by atoms with Gasteiger partial charge in [0.2, 0.25) is 5.91 Å². The zero-order chi connectivity index (χ0) is 17.3. The van der Waals surface area contributed by atoms with E-state index >= 15 is 0 Å². The third-order valence-electron chi connectivity index (χ3n) is 4.18.